The van der Waals surface area contributed by atoms with E-state index in [0.29, 0.717) is 18.2 Å². The Hall–Kier alpha value is -0.590. The van der Waals surface area contributed by atoms with Gasteiger partial charge in [0.15, 0.2) is 0 Å². The van der Waals surface area contributed by atoms with E-state index in [1.54, 1.807) is 4.68 Å². The van der Waals surface area contributed by atoms with Gasteiger partial charge in [0.1, 0.15) is 10.6 Å². The van der Waals surface area contributed by atoms with Crippen LogP contribution >= 0.6 is 10.7 Å². The van der Waals surface area contributed by atoms with Crippen molar-refractivity contribution in [2.75, 3.05) is 7.11 Å². The molecule has 0 N–H and O–H groups in total. The number of ether oxygens (including phenoxy) is 1. The van der Waals surface area contributed by atoms with E-state index in [9.17, 15) is 8.42 Å². The lowest BCUT2D eigenvalue weighted by Gasteiger charge is -2.03. The molecule has 0 aromatic carbocycles. The van der Waals surface area contributed by atoms with Gasteiger partial charge in [0.25, 0.3) is 9.05 Å². The minimum Gasteiger partial charge on any atom is -0.378 e. The van der Waals surface area contributed by atoms with E-state index in [0.717, 1.165) is 0 Å². The average Bonchev–Trinajstić information content (AvgIpc) is 2.46. The Morgan fingerprint density at radius 3 is 2.62 bits per heavy atom. The summed E-state index contributed by atoms with van der Waals surface area (Å²) in [6.07, 6.45) is 1.44. The second-order valence-corrected chi connectivity index (χ2v) is 6.46. The van der Waals surface area contributed by atoms with Gasteiger partial charge >= 0.3 is 0 Å². The third kappa shape index (κ3) is 3.47. The Balaban J connectivity index is 3.10. The van der Waals surface area contributed by atoms with Crippen molar-refractivity contribution in [2.24, 2.45) is 5.92 Å². The maximum Gasteiger partial charge on any atom is 0.264 e. The van der Waals surface area contributed by atoms with Crippen LogP contribution in [0, 0.1) is 5.92 Å². The van der Waals surface area contributed by atoms with Crippen molar-refractivity contribution in [1.82, 2.24) is 9.78 Å². The third-order valence-corrected chi connectivity index (χ3v) is 3.26. The van der Waals surface area contributed by atoms with Crippen LogP contribution in [0.5, 0.6) is 0 Å². The van der Waals surface area contributed by atoms with Crippen LogP contribution in [-0.4, -0.2) is 25.3 Å². The number of aromatic nitrogens is 2. The molecule has 5 nitrogen and oxygen atoms in total. The van der Waals surface area contributed by atoms with Crippen molar-refractivity contribution in [3.05, 3.63) is 11.9 Å². The first-order valence-electron chi connectivity index (χ1n) is 4.84. The van der Waals surface area contributed by atoms with Crippen molar-refractivity contribution in [2.45, 2.75) is 31.9 Å². The van der Waals surface area contributed by atoms with Crippen molar-refractivity contribution >= 4 is 19.7 Å². The lowest BCUT2D eigenvalue weighted by Crippen LogP contribution is -2.05. The number of rotatable bonds is 5. The smallest absolute Gasteiger partial charge is 0.264 e. The van der Waals surface area contributed by atoms with E-state index < -0.39 is 9.05 Å². The summed E-state index contributed by atoms with van der Waals surface area (Å²) in [4.78, 5) is 0.0247. The Morgan fingerprint density at radius 1 is 1.56 bits per heavy atom. The Kier molecular flexibility index (Phi) is 4.35. The molecule has 0 aliphatic heterocycles. The van der Waals surface area contributed by atoms with Gasteiger partial charge in [-0.3, -0.25) is 4.68 Å². The second kappa shape index (κ2) is 5.16. The summed E-state index contributed by atoms with van der Waals surface area (Å²) in [7, 11) is 3.03. The predicted octanol–water partition coefficient (Wildman–Crippen LogP) is 1.61. The molecule has 0 fully saturated rings. The van der Waals surface area contributed by atoms with Gasteiger partial charge in [0.2, 0.25) is 0 Å². The molecule has 92 valence electrons. The molecule has 0 saturated heterocycles. The molecule has 0 aliphatic rings. The van der Waals surface area contributed by atoms with E-state index in [1.165, 1.54) is 13.3 Å². The lowest BCUT2D eigenvalue weighted by atomic mass is 10.2. The zero-order valence-electron chi connectivity index (χ0n) is 9.47. The van der Waals surface area contributed by atoms with Gasteiger partial charge in [0.05, 0.1) is 6.61 Å². The fourth-order valence-electron chi connectivity index (χ4n) is 1.35. The number of hydrogen-bond acceptors (Lipinski definition) is 4. The van der Waals surface area contributed by atoms with Crippen molar-refractivity contribution < 1.29 is 13.2 Å². The van der Waals surface area contributed by atoms with Gasteiger partial charge in [-0.05, 0) is 5.92 Å². The number of methoxy groups -OCH3 is 1. The SMILES string of the molecule is COCc1nn(CC(C)C)cc1S(=O)(=O)Cl. The van der Waals surface area contributed by atoms with E-state index in [4.69, 9.17) is 15.4 Å². The number of hydrogen-bond donors (Lipinski definition) is 0. The fourth-order valence-corrected chi connectivity index (χ4v) is 2.37. The van der Waals surface area contributed by atoms with Crippen LogP contribution in [0.4, 0.5) is 0 Å². The highest BCUT2D eigenvalue weighted by Gasteiger charge is 2.20. The normalized spacial score (nSPS) is 12.3. The Labute approximate surface area is 99.8 Å². The highest BCUT2D eigenvalue weighted by molar-refractivity contribution is 8.13. The van der Waals surface area contributed by atoms with E-state index in [2.05, 4.69) is 5.10 Å². The number of nitrogens with zero attached hydrogens (tertiary/aromatic N) is 2. The lowest BCUT2D eigenvalue weighted by molar-refractivity contribution is 0.178. The molecular weight excluding hydrogens is 252 g/mol. The molecule has 0 saturated carbocycles. The monoisotopic (exact) mass is 266 g/mol. The first-order chi connectivity index (χ1) is 7.34. The number of halogens is 1. The summed E-state index contributed by atoms with van der Waals surface area (Å²) < 4.78 is 29.0. The maximum atomic E-state index is 11.3. The quantitative estimate of drug-likeness (QED) is 0.760. The molecule has 0 radical (unpaired) electrons. The largest absolute Gasteiger partial charge is 0.378 e. The van der Waals surface area contributed by atoms with Crippen LogP contribution in [0.15, 0.2) is 11.1 Å². The molecule has 0 atom stereocenters. The van der Waals surface area contributed by atoms with Crippen LogP contribution in [0.1, 0.15) is 19.5 Å². The van der Waals surface area contributed by atoms with Gasteiger partial charge < -0.3 is 4.74 Å². The summed E-state index contributed by atoms with van der Waals surface area (Å²) in [5.74, 6) is 0.376. The van der Waals surface area contributed by atoms with Crippen molar-refractivity contribution in [3.63, 3.8) is 0 Å². The minimum atomic E-state index is -3.76. The summed E-state index contributed by atoms with van der Waals surface area (Å²) in [5.41, 5.74) is 0.346. The van der Waals surface area contributed by atoms with E-state index >= 15 is 0 Å². The Bertz CT molecular complexity index is 453. The summed E-state index contributed by atoms with van der Waals surface area (Å²) in [6.45, 7) is 4.81. The molecular formula is C9H15ClN2O3S. The third-order valence-electron chi connectivity index (χ3n) is 1.90. The molecule has 0 aliphatic carbocycles. The fraction of sp³-hybridized carbons (Fsp3) is 0.667. The molecule has 1 aromatic rings. The molecule has 1 heterocycles. The standard InChI is InChI=1S/C9H15ClN2O3S/c1-7(2)4-12-5-9(16(10,13)14)8(11-12)6-15-3/h5,7H,4,6H2,1-3H3. The summed E-state index contributed by atoms with van der Waals surface area (Å²) in [6, 6.07) is 0. The predicted molar refractivity (Wildman–Crippen MR) is 60.8 cm³/mol. The molecule has 7 heteroatoms. The van der Waals surface area contributed by atoms with E-state index in [1.807, 2.05) is 13.8 Å². The molecule has 16 heavy (non-hydrogen) atoms. The molecule has 1 rings (SSSR count). The highest BCUT2D eigenvalue weighted by atomic mass is 35.7. The zero-order chi connectivity index (χ0) is 12.3. The van der Waals surface area contributed by atoms with Gasteiger partial charge in [-0.2, -0.15) is 5.10 Å². The Morgan fingerprint density at radius 2 is 2.19 bits per heavy atom. The highest BCUT2D eigenvalue weighted by Crippen LogP contribution is 2.20. The van der Waals surface area contributed by atoms with Gasteiger partial charge in [-0.1, -0.05) is 13.8 Å². The van der Waals surface area contributed by atoms with Crippen LogP contribution in [-0.2, 0) is 26.9 Å². The molecule has 0 amide bonds. The van der Waals surface area contributed by atoms with Crippen molar-refractivity contribution in [1.29, 1.82) is 0 Å². The minimum absolute atomic E-state index is 0.0247. The average molecular weight is 267 g/mol. The second-order valence-electron chi connectivity index (χ2n) is 3.93. The van der Waals surface area contributed by atoms with Gasteiger partial charge in [-0.15, -0.1) is 0 Å². The van der Waals surface area contributed by atoms with Gasteiger partial charge in [-0.25, -0.2) is 8.42 Å². The van der Waals surface area contributed by atoms with Crippen LogP contribution < -0.4 is 0 Å². The zero-order valence-corrected chi connectivity index (χ0v) is 11.0. The van der Waals surface area contributed by atoms with Crippen LogP contribution in [0.2, 0.25) is 0 Å². The molecule has 0 unspecified atom stereocenters. The first kappa shape index (κ1) is 13.5. The maximum absolute atomic E-state index is 11.3. The summed E-state index contributed by atoms with van der Waals surface area (Å²) >= 11 is 0. The topological polar surface area (TPSA) is 61.2 Å². The first-order valence-corrected chi connectivity index (χ1v) is 7.15. The van der Waals surface area contributed by atoms with Crippen LogP contribution in [0.3, 0.4) is 0 Å². The molecule has 0 bridgehead atoms. The van der Waals surface area contributed by atoms with Crippen molar-refractivity contribution in [3.8, 4) is 0 Å². The summed E-state index contributed by atoms with van der Waals surface area (Å²) in [5, 5.41) is 4.13. The van der Waals surface area contributed by atoms with Crippen LogP contribution in [0.25, 0.3) is 0 Å². The van der Waals surface area contributed by atoms with E-state index in [-0.39, 0.29) is 11.5 Å². The molecule has 1 aromatic heterocycles. The molecule has 0 spiro atoms. The van der Waals surface area contributed by atoms with Gasteiger partial charge in [0, 0.05) is 30.5 Å².